The van der Waals surface area contributed by atoms with Crippen LogP contribution in [0, 0.1) is 0 Å². The lowest BCUT2D eigenvalue weighted by molar-refractivity contribution is -0.142. The lowest BCUT2D eigenvalue weighted by Crippen LogP contribution is -2.03. The zero-order valence-electron chi connectivity index (χ0n) is 9.53. The summed E-state index contributed by atoms with van der Waals surface area (Å²) in [6, 6.07) is 0. The molecule has 0 aliphatic carbocycles. The molecule has 0 fully saturated rings. The van der Waals surface area contributed by atoms with Crippen LogP contribution >= 0.6 is 11.6 Å². The lowest BCUT2D eigenvalue weighted by Gasteiger charge is -1.95. The maximum atomic E-state index is 10.3. The number of carboxylic acid groups (broad SMARTS) is 2. The topological polar surface area (TPSA) is 101 Å². The number of halogens is 1. The Bertz CT molecular complexity index is 176. The maximum Gasteiger partial charge on any atom is 0.306 e. The van der Waals surface area contributed by atoms with Crippen molar-refractivity contribution in [2.75, 3.05) is 12.5 Å². The van der Waals surface area contributed by atoms with E-state index in [1.807, 2.05) is 0 Å². The van der Waals surface area contributed by atoms with Gasteiger partial charge in [0, 0.05) is 19.7 Å². The molecular formula is C9H17ClO6. The Morgan fingerprint density at radius 3 is 1.62 bits per heavy atom. The first-order valence-electron chi connectivity index (χ1n) is 4.38. The smallest absolute Gasteiger partial charge is 0.306 e. The maximum absolute atomic E-state index is 10.3. The van der Waals surface area contributed by atoms with E-state index in [1.165, 1.54) is 0 Å². The van der Waals surface area contributed by atoms with Gasteiger partial charge in [-0.2, -0.15) is 0 Å². The van der Waals surface area contributed by atoms with E-state index >= 15 is 0 Å². The normalized spacial score (nSPS) is 7.50. The fourth-order valence-electron chi connectivity index (χ4n) is 0.310. The van der Waals surface area contributed by atoms with Crippen molar-refractivity contribution in [1.29, 1.82) is 0 Å². The Hall–Kier alpha value is -1.30. The molecule has 0 aliphatic rings. The molecule has 0 radical (unpaired) electrons. The second kappa shape index (κ2) is 16.1. The first kappa shape index (κ1) is 20.2. The van der Waals surface area contributed by atoms with Gasteiger partial charge in [0.1, 0.15) is 0 Å². The predicted molar refractivity (Wildman–Crippen MR) is 58.6 cm³/mol. The zero-order chi connectivity index (χ0) is 13.6. The van der Waals surface area contributed by atoms with E-state index < -0.39 is 11.9 Å². The zero-order valence-corrected chi connectivity index (χ0v) is 10.3. The molecule has 0 saturated carbocycles. The molecule has 96 valence electrons. The second-order valence-electron chi connectivity index (χ2n) is 2.28. The molecule has 0 unspecified atom stereocenters. The van der Waals surface area contributed by atoms with Crippen molar-refractivity contribution in [2.24, 2.45) is 0 Å². The molecule has 0 saturated heterocycles. The molecule has 0 aromatic heterocycles. The largest absolute Gasteiger partial charge is 0.481 e. The molecule has 0 rings (SSSR count). The fourth-order valence-corrected chi connectivity index (χ4v) is 0.465. The van der Waals surface area contributed by atoms with Gasteiger partial charge >= 0.3 is 5.97 Å². The summed E-state index contributed by atoms with van der Waals surface area (Å²) in [5, 5.41) is 14.8. The van der Waals surface area contributed by atoms with Gasteiger partial charge in [0.15, 0.2) is 0 Å². The van der Waals surface area contributed by atoms with E-state index in [4.69, 9.17) is 31.4 Å². The van der Waals surface area contributed by atoms with Crippen LogP contribution in [0.3, 0.4) is 0 Å². The molecule has 0 amide bonds. The van der Waals surface area contributed by atoms with E-state index in [-0.39, 0.29) is 5.97 Å². The van der Waals surface area contributed by atoms with Crippen LogP contribution in [0.15, 0.2) is 0 Å². The standard InChI is InChI=1S/C5H9ClO2.2C2H4O2/c1-2-8-5(7)3-4-6;2*1-2(3)4/h2-4H2,1H3;2*1H3,(H,3,4). The molecule has 0 aromatic rings. The minimum absolute atomic E-state index is 0.220. The quantitative estimate of drug-likeness (QED) is 0.584. The molecule has 16 heavy (non-hydrogen) atoms. The highest BCUT2D eigenvalue weighted by Gasteiger charge is 1.96. The van der Waals surface area contributed by atoms with Crippen molar-refractivity contribution in [3.63, 3.8) is 0 Å². The summed E-state index contributed by atoms with van der Waals surface area (Å²) < 4.78 is 4.56. The van der Waals surface area contributed by atoms with E-state index in [0.717, 1.165) is 13.8 Å². The summed E-state index contributed by atoms with van der Waals surface area (Å²) in [4.78, 5) is 28.3. The number of carboxylic acids is 2. The SMILES string of the molecule is CC(=O)O.CC(=O)O.CCOC(=O)CCCl. The highest BCUT2D eigenvalue weighted by molar-refractivity contribution is 6.18. The van der Waals surface area contributed by atoms with Crippen LogP contribution in [0.25, 0.3) is 0 Å². The number of aliphatic carboxylic acids is 2. The van der Waals surface area contributed by atoms with Crippen LogP contribution in [-0.4, -0.2) is 40.6 Å². The number of alkyl halides is 1. The Kier molecular flexibility index (Phi) is 20.3. The fraction of sp³-hybridized carbons (Fsp3) is 0.667. The van der Waals surface area contributed by atoms with Crippen LogP contribution in [0.5, 0.6) is 0 Å². The Balaban J connectivity index is -0.000000179. The van der Waals surface area contributed by atoms with Crippen molar-refractivity contribution in [1.82, 2.24) is 0 Å². The van der Waals surface area contributed by atoms with Crippen molar-refractivity contribution in [2.45, 2.75) is 27.2 Å². The van der Waals surface area contributed by atoms with Crippen LogP contribution in [0.4, 0.5) is 0 Å². The van der Waals surface area contributed by atoms with Gasteiger partial charge in [-0.3, -0.25) is 14.4 Å². The number of rotatable bonds is 3. The first-order valence-corrected chi connectivity index (χ1v) is 4.91. The molecule has 0 spiro atoms. The number of hydrogen-bond acceptors (Lipinski definition) is 4. The summed E-state index contributed by atoms with van der Waals surface area (Å²) in [5.74, 6) is -1.54. The number of carbonyl (C=O) groups is 3. The van der Waals surface area contributed by atoms with Gasteiger partial charge in [-0.1, -0.05) is 0 Å². The molecule has 0 bridgehead atoms. The molecule has 0 heterocycles. The third kappa shape index (κ3) is 78.7. The number of hydrogen-bond donors (Lipinski definition) is 2. The van der Waals surface area contributed by atoms with Gasteiger partial charge in [0.2, 0.25) is 0 Å². The summed E-state index contributed by atoms with van der Waals surface area (Å²) in [5.41, 5.74) is 0. The Morgan fingerprint density at radius 2 is 1.44 bits per heavy atom. The van der Waals surface area contributed by atoms with E-state index in [9.17, 15) is 4.79 Å². The van der Waals surface area contributed by atoms with E-state index in [1.54, 1.807) is 6.92 Å². The average Bonchev–Trinajstić information content (AvgIpc) is 2.02. The first-order chi connectivity index (χ1) is 7.27. The van der Waals surface area contributed by atoms with Gasteiger partial charge < -0.3 is 14.9 Å². The number of esters is 1. The van der Waals surface area contributed by atoms with Crippen molar-refractivity contribution in [3.05, 3.63) is 0 Å². The van der Waals surface area contributed by atoms with Gasteiger partial charge in [0.05, 0.1) is 13.0 Å². The van der Waals surface area contributed by atoms with Gasteiger partial charge in [-0.05, 0) is 6.92 Å². The second-order valence-corrected chi connectivity index (χ2v) is 2.66. The lowest BCUT2D eigenvalue weighted by atomic mass is 10.5. The van der Waals surface area contributed by atoms with Gasteiger partial charge in [0.25, 0.3) is 11.9 Å². The van der Waals surface area contributed by atoms with Gasteiger partial charge in [-0.25, -0.2) is 0 Å². The molecule has 6 nitrogen and oxygen atoms in total. The molecule has 0 aromatic carbocycles. The van der Waals surface area contributed by atoms with E-state index in [2.05, 4.69) is 4.74 Å². The summed E-state index contributed by atoms with van der Waals surface area (Å²) in [6.07, 6.45) is 0.315. The predicted octanol–water partition coefficient (Wildman–Crippen LogP) is 1.36. The third-order valence-electron chi connectivity index (χ3n) is 0.604. The van der Waals surface area contributed by atoms with Gasteiger partial charge in [-0.15, -0.1) is 11.6 Å². The minimum Gasteiger partial charge on any atom is -0.481 e. The highest BCUT2D eigenvalue weighted by atomic mass is 35.5. The molecule has 0 atom stereocenters. The van der Waals surface area contributed by atoms with Crippen LogP contribution < -0.4 is 0 Å². The Labute approximate surface area is 99.2 Å². The molecule has 2 N–H and O–H groups in total. The molecular weight excluding hydrogens is 240 g/mol. The van der Waals surface area contributed by atoms with Crippen molar-refractivity contribution in [3.8, 4) is 0 Å². The van der Waals surface area contributed by atoms with E-state index in [0.29, 0.717) is 18.9 Å². The summed E-state index contributed by atoms with van der Waals surface area (Å²) in [7, 11) is 0. The molecule has 0 aliphatic heterocycles. The number of carbonyl (C=O) groups excluding carboxylic acids is 1. The highest BCUT2D eigenvalue weighted by Crippen LogP contribution is 1.87. The minimum atomic E-state index is -0.833. The van der Waals surface area contributed by atoms with Crippen molar-refractivity contribution >= 4 is 29.5 Å². The summed E-state index contributed by atoms with van der Waals surface area (Å²) in [6.45, 7) is 4.38. The van der Waals surface area contributed by atoms with Crippen molar-refractivity contribution < 1.29 is 29.3 Å². The number of ether oxygens (including phenoxy) is 1. The average molecular weight is 257 g/mol. The summed E-state index contributed by atoms with van der Waals surface area (Å²) >= 11 is 5.23. The third-order valence-corrected chi connectivity index (χ3v) is 0.793. The van der Waals surface area contributed by atoms with Crippen LogP contribution in [-0.2, 0) is 19.1 Å². The van der Waals surface area contributed by atoms with Crippen LogP contribution in [0.1, 0.15) is 27.2 Å². The Morgan fingerprint density at radius 1 is 1.12 bits per heavy atom. The molecule has 7 heteroatoms. The van der Waals surface area contributed by atoms with Crippen LogP contribution in [0.2, 0.25) is 0 Å². The monoisotopic (exact) mass is 256 g/mol.